The van der Waals surface area contributed by atoms with E-state index in [1.54, 1.807) is 6.07 Å². The molecule has 1 heterocycles. The van der Waals surface area contributed by atoms with Crippen LogP contribution in [0.2, 0.25) is 5.15 Å². The average Bonchev–Trinajstić information content (AvgIpc) is 2.36. The first-order valence-corrected chi connectivity index (χ1v) is 5.61. The number of hydrogen-bond acceptors (Lipinski definition) is 4. The lowest BCUT2D eigenvalue weighted by Crippen LogP contribution is -2.12. The molecule has 1 N–H and O–H groups in total. The van der Waals surface area contributed by atoms with E-state index >= 15 is 0 Å². The van der Waals surface area contributed by atoms with Gasteiger partial charge in [-0.3, -0.25) is 0 Å². The minimum atomic E-state index is 0.423. The van der Waals surface area contributed by atoms with Crippen molar-refractivity contribution in [2.24, 2.45) is 0 Å². The molecule has 1 aromatic heterocycles. The van der Waals surface area contributed by atoms with Crippen LogP contribution in [0, 0.1) is 0 Å². The summed E-state index contributed by atoms with van der Waals surface area (Å²) >= 11 is 5.73. The lowest BCUT2D eigenvalue weighted by Gasteiger charge is -2.07. The zero-order chi connectivity index (χ0) is 11.9. The number of rotatable bonds is 5. The van der Waals surface area contributed by atoms with E-state index in [2.05, 4.69) is 15.3 Å². The van der Waals surface area contributed by atoms with Crippen LogP contribution in [-0.4, -0.2) is 23.1 Å². The van der Waals surface area contributed by atoms with Crippen LogP contribution in [0.5, 0.6) is 5.75 Å². The number of nitrogens with zero attached hydrogens (tertiary/aromatic N) is 2. The lowest BCUT2D eigenvalue weighted by molar-refractivity contribution is 0.333. The van der Waals surface area contributed by atoms with E-state index in [4.69, 9.17) is 16.3 Å². The standard InChI is InChI=1S/C12H12ClN3O/c13-11-8-12(16-9-15-11)14-6-7-17-10-4-2-1-3-5-10/h1-5,8-9H,6-7H2,(H,14,15,16). The van der Waals surface area contributed by atoms with Crippen molar-refractivity contribution < 1.29 is 4.74 Å². The number of ether oxygens (including phenoxy) is 1. The second-order valence-electron chi connectivity index (χ2n) is 3.31. The van der Waals surface area contributed by atoms with Crippen molar-refractivity contribution in [2.75, 3.05) is 18.5 Å². The van der Waals surface area contributed by atoms with Crippen molar-refractivity contribution in [1.29, 1.82) is 0 Å². The van der Waals surface area contributed by atoms with Crippen LogP contribution in [0.4, 0.5) is 5.82 Å². The van der Waals surface area contributed by atoms with Gasteiger partial charge >= 0.3 is 0 Å². The van der Waals surface area contributed by atoms with Crippen molar-refractivity contribution in [1.82, 2.24) is 9.97 Å². The molecule has 4 nitrogen and oxygen atoms in total. The largest absolute Gasteiger partial charge is 0.492 e. The van der Waals surface area contributed by atoms with Crippen LogP contribution in [0.25, 0.3) is 0 Å². The highest BCUT2D eigenvalue weighted by Gasteiger charge is 1.96. The fourth-order valence-electron chi connectivity index (χ4n) is 1.29. The van der Waals surface area contributed by atoms with Gasteiger partial charge in [-0.25, -0.2) is 9.97 Å². The van der Waals surface area contributed by atoms with Gasteiger partial charge in [-0.05, 0) is 12.1 Å². The number of nitrogens with one attached hydrogen (secondary N) is 1. The molecule has 0 fully saturated rings. The summed E-state index contributed by atoms with van der Waals surface area (Å²) in [5, 5.41) is 3.52. The third-order valence-corrected chi connectivity index (χ3v) is 2.26. The number of benzene rings is 1. The Morgan fingerprint density at radius 1 is 1.18 bits per heavy atom. The average molecular weight is 250 g/mol. The molecule has 2 rings (SSSR count). The molecule has 0 saturated carbocycles. The van der Waals surface area contributed by atoms with E-state index in [1.165, 1.54) is 6.33 Å². The first-order valence-electron chi connectivity index (χ1n) is 5.24. The maximum absolute atomic E-state index is 5.73. The van der Waals surface area contributed by atoms with E-state index in [1.807, 2.05) is 30.3 Å². The van der Waals surface area contributed by atoms with Gasteiger partial charge < -0.3 is 10.1 Å². The second-order valence-corrected chi connectivity index (χ2v) is 3.70. The first-order chi connectivity index (χ1) is 8.34. The quantitative estimate of drug-likeness (QED) is 0.654. The summed E-state index contributed by atoms with van der Waals surface area (Å²) < 4.78 is 5.52. The molecular formula is C12H12ClN3O. The fourth-order valence-corrected chi connectivity index (χ4v) is 1.44. The monoisotopic (exact) mass is 249 g/mol. The molecule has 0 amide bonds. The van der Waals surface area contributed by atoms with Gasteiger partial charge in [0, 0.05) is 6.07 Å². The first kappa shape index (κ1) is 11.7. The van der Waals surface area contributed by atoms with Crippen molar-refractivity contribution in [3.63, 3.8) is 0 Å². The normalized spacial score (nSPS) is 9.94. The number of hydrogen-bond donors (Lipinski definition) is 1. The Morgan fingerprint density at radius 2 is 2.00 bits per heavy atom. The highest BCUT2D eigenvalue weighted by molar-refractivity contribution is 6.29. The maximum Gasteiger partial charge on any atom is 0.134 e. The zero-order valence-corrected chi connectivity index (χ0v) is 9.89. The van der Waals surface area contributed by atoms with Crippen LogP contribution in [0.15, 0.2) is 42.7 Å². The van der Waals surface area contributed by atoms with E-state index in [0.29, 0.717) is 24.1 Å². The van der Waals surface area contributed by atoms with Gasteiger partial charge in [-0.15, -0.1) is 0 Å². The summed E-state index contributed by atoms with van der Waals surface area (Å²) in [6.07, 6.45) is 1.42. The summed E-state index contributed by atoms with van der Waals surface area (Å²) in [7, 11) is 0. The SMILES string of the molecule is Clc1cc(NCCOc2ccccc2)ncn1. The smallest absolute Gasteiger partial charge is 0.134 e. The molecule has 0 saturated heterocycles. The molecule has 0 bridgehead atoms. The lowest BCUT2D eigenvalue weighted by atomic mass is 10.3. The molecule has 2 aromatic rings. The van der Waals surface area contributed by atoms with Crippen LogP contribution in [0.1, 0.15) is 0 Å². The van der Waals surface area contributed by atoms with Crippen molar-refractivity contribution in [2.45, 2.75) is 0 Å². The number of aromatic nitrogens is 2. The molecule has 0 unspecified atom stereocenters. The highest BCUT2D eigenvalue weighted by atomic mass is 35.5. The summed E-state index contributed by atoms with van der Waals surface area (Å²) in [5.41, 5.74) is 0. The topological polar surface area (TPSA) is 47.0 Å². The Hall–Kier alpha value is -1.81. The highest BCUT2D eigenvalue weighted by Crippen LogP contribution is 2.09. The Labute approximate surface area is 105 Å². The number of anilines is 1. The van der Waals surface area contributed by atoms with Crippen molar-refractivity contribution in [3.05, 3.63) is 47.9 Å². The molecule has 5 heteroatoms. The minimum absolute atomic E-state index is 0.423. The van der Waals surface area contributed by atoms with Crippen molar-refractivity contribution >= 4 is 17.4 Å². The summed E-state index contributed by atoms with van der Waals surface area (Å²) in [6.45, 7) is 1.22. The fraction of sp³-hybridized carbons (Fsp3) is 0.167. The maximum atomic E-state index is 5.73. The van der Waals surface area contributed by atoms with Gasteiger partial charge in [-0.2, -0.15) is 0 Å². The van der Waals surface area contributed by atoms with Gasteiger partial charge in [0.05, 0.1) is 6.54 Å². The van der Waals surface area contributed by atoms with Gasteiger partial charge in [0.25, 0.3) is 0 Å². The Bertz CT molecular complexity index is 464. The van der Waals surface area contributed by atoms with Gasteiger partial charge in [-0.1, -0.05) is 29.8 Å². The molecule has 0 aliphatic heterocycles. The molecule has 0 aliphatic carbocycles. The zero-order valence-electron chi connectivity index (χ0n) is 9.14. The third-order valence-electron chi connectivity index (χ3n) is 2.05. The molecule has 0 aliphatic rings. The number of para-hydroxylation sites is 1. The molecule has 88 valence electrons. The predicted octanol–water partition coefficient (Wildman–Crippen LogP) is 2.62. The van der Waals surface area contributed by atoms with E-state index in [9.17, 15) is 0 Å². The minimum Gasteiger partial charge on any atom is -0.492 e. The van der Waals surface area contributed by atoms with Crippen LogP contribution < -0.4 is 10.1 Å². The van der Waals surface area contributed by atoms with E-state index in [-0.39, 0.29) is 0 Å². The molecule has 0 atom stereocenters. The Kier molecular flexibility index (Phi) is 4.16. The third kappa shape index (κ3) is 3.92. The van der Waals surface area contributed by atoms with Gasteiger partial charge in [0.2, 0.25) is 0 Å². The van der Waals surface area contributed by atoms with Gasteiger partial charge in [0.1, 0.15) is 29.7 Å². The summed E-state index contributed by atoms with van der Waals surface area (Å²) in [6, 6.07) is 11.3. The summed E-state index contributed by atoms with van der Waals surface area (Å²) in [4.78, 5) is 7.82. The van der Waals surface area contributed by atoms with Crippen LogP contribution >= 0.6 is 11.6 Å². The second kappa shape index (κ2) is 6.06. The predicted molar refractivity (Wildman–Crippen MR) is 67.5 cm³/mol. The molecule has 1 aromatic carbocycles. The summed E-state index contributed by atoms with van der Waals surface area (Å²) in [5.74, 6) is 1.55. The molecule has 0 radical (unpaired) electrons. The van der Waals surface area contributed by atoms with Gasteiger partial charge in [0.15, 0.2) is 0 Å². The molecule has 0 spiro atoms. The Morgan fingerprint density at radius 3 is 2.76 bits per heavy atom. The Balaban J connectivity index is 1.73. The molecular weight excluding hydrogens is 238 g/mol. The number of halogens is 1. The van der Waals surface area contributed by atoms with Crippen molar-refractivity contribution in [3.8, 4) is 5.75 Å². The van der Waals surface area contributed by atoms with E-state index < -0.39 is 0 Å². The van der Waals surface area contributed by atoms with Crippen LogP contribution in [-0.2, 0) is 0 Å². The van der Waals surface area contributed by atoms with E-state index in [0.717, 1.165) is 5.75 Å². The van der Waals surface area contributed by atoms with Crippen LogP contribution in [0.3, 0.4) is 0 Å². The molecule has 17 heavy (non-hydrogen) atoms.